The fraction of sp³-hybridized carbons (Fsp3) is 0.471. The van der Waals surface area contributed by atoms with Crippen LogP contribution in [0.15, 0.2) is 30.6 Å². The number of hydrogen-bond donors (Lipinski definition) is 1. The van der Waals surface area contributed by atoms with Gasteiger partial charge in [0.05, 0.1) is 23.8 Å². The molecule has 2 aliphatic rings. The summed E-state index contributed by atoms with van der Waals surface area (Å²) in [6.07, 6.45) is 4.44. The largest absolute Gasteiger partial charge is 0.384 e. The van der Waals surface area contributed by atoms with Gasteiger partial charge in [0.1, 0.15) is 5.52 Å². The molecule has 0 radical (unpaired) electrons. The Morgan fingerprint density at radius 2 is 2.26 bits per heavy atom. The van der Waals surface area contributed by atoms with Gasteiger partial charge in [-0.2, -0.15) is 0 Å². The van der Waals surface area contributed by atoms with Crippen molar-refractivity contribution in [1.29, 1.82) is 0 Å². The molecule has 1 aliphatic carbocycles. The third kappa shape index (κ3) is 2.38. The van der Waals surface area contributed by atoms with Gasteiger partial charge in [-0.3, -0.25) is 14.8 Å². The van der Waals surface area contributed by atoms with Gasteiger partial charge in [0, 0.05) is 44.0 Å². The fourth-order valence-electron chi connectivity index (χ4n) is 3.84. The van der Waals surface area contributed by atoms with Gasteiger partial charge in [-0.05, 0) is 18.6 Å². The van der Waals surface area contributed by atoms with Crippen LogP contribution in [0.4, 0.5) is 0 Å². The monoisotopic (exact) mass is 313 g/mol. The average molecular weight is 313 g/mol. The summed E-state index contributed by atoms with van der Waals surface area (Å²) in [5.41, 5.74) is 1.92. The molecule has 23 heavy (non-hydrogen) atoms. The second-order valence-corrected chi connectivity index (χ2v) is 6.14. The number of methoxy groups -OCH3 is 1. The maximum absolute atomic E-state index is 12.7. The second-order valence-electron chi connectivity index (χ2n) is 6.14. The molecular formula is C17H19N3O3. The molecule has 2 aromatic rings. The third-order valence-electron chi connectivity index (χ3n) is 4.93. The van der Waals surface area contributed by atoms with Crippen molar-refractivity contribution >= 4 is 16.9 Å². The van der Waals surface area contributed by atoms with E-state index in [4.69, 9.17) is 9.47 Å². The number of para-hydroxylation sites is 1. The van der Waals surface area contributed by atoms with Gasteiger partial charge >= 0.3 is 0 Å². The highest BCUT2D eigenvalue weighted by atomic mass is 16.5. The van der Waals surface area contributed by atoms with Crippen molar-refractivity contribution < 1.29 is 14.3 Å². The van der Waals surface area contributed by atoms with Crippen molar-refractivity contribution in [1.82, 2.24) is 15.3 Å². The van der Waals surface area contributed by atoms with Gasteiger partial charge in [0.15, 0.2) is 0 Å². The van der Waals surface area contributed by atoms with E-state index < -0.39 is 0 Å². The first-order valence-electron chi connectivity index (χ1n) is 7.90. The van der Waals surface area contributed by atoms with Crippen molar-refractivity contribution in [3.63, 3.8) is 0 Å². The first-order chi connectivity index (χ1) is 11.3. The van der Waals surface area contributed by atoms with E-state index in [-0.39, 0.29) is 24.0 Å². The molecular weight excluding hydrogens is 294 g/mol. The quantitative estimate of drug-likeness (QED) is 0.924. The maximum Gasteiger partial charge on any atom is 0.253 e. The van der Waals surface area contributed by atoms with Crippen molar-refractivity contribution in [2.75, 3.05) is 20.3 Å². The predicted molar refractivity (Wildman–Crippen MR) is 84.0 cm³/mol. The van der Waals surface area contributed by atoms with Crippen LogP contribution in [0.2, 0.25) is 0 Å². The number of rotatable bonds is 4. The summed E-state index contributed by atoms with van der Waals surface area (Å²) in [4.78, 5) is 21.3. The molecule has 4 atom stereocenters. The third-order valence-corrected chi connectivity index (χ3v) is 4.93. The number of nitrogens with one attached hydrogen (secondary N) is 1. The Hall–Kier alpha value is -2.05. The topological polar surface area (TPSA) is 73.3 Å². The minimum Gasteiger partial charge on any atom is -0.384 e. The van der Waals surface area contributed by atoms with Crippen LogP contribution in [-0.2, 0) is 9.47 Å². The molecule has 1 saturated carbocycles. The minimum absolute atomic E-state index is 0.0990. The average Bonchev–Trinajstić information content (AvgIpc) is 3.01. The highest BCUT2D eigenvalue weighted by molar-refractivity contribution is 6.04. The van der Waals surface area contributed by atoms with Crippen LogP contribution < -0.4 is 5.32 Å². The zero-order valence-electron chi connectivity index (χ0n) is 12.9. The van der Waals surface area contributed by atoms with E-state index in [9.17, 15) is 4.79 Å². The lowest BCUT2D eigenvalue weighted by Gasteiger charge is -2.47. The van der Waals surface area contributed by atoms with Gasteiger partial charge < -0.3 is 14.8 Å². The number of carbonyl (C=O) groups excluding carboxylic acids is 1. The SMILES string of the molecule is COC[C@@H]1[C@H](NC(=O)c2cccc3nccnc23)[C@@H]2CCO[C@H]12. The number of benzene rings is 1. The van der Waals surface area contributed by atoms with Crippen LogP contribution >= 0.6 is 0 Å². The van der Waals surface area contributed by atoms with E-state index >= 15 is 0 Å². The highest BCUT2D eigenvalue weighted by Crippen LogP contribution is 2.43. The summed E-state index contributed by atoms with van der Waals surface area (Å²) in [5, 5.41) is 3.16. The Morgan fingerprint density at radius 1 is 1.39 bits per heavy atom. The van der Waals surface area contributed by atoms with E-state index in [2.05, 4.69) is 15.3 Å². The molecule has 1 amide bonds. The standard InChI is InChI=1S/C17H19N3O3/c1-22-9-12-14(10-5-8-23-16(10)12)20-17(21)11-3-2-4-13-15(11)19-7-6-18-13/h2-4,6-7,10,12,14,16H,5,8-9H2,1H3,(H,20,21)/t10-,12+,14+,16-/m0/s1. The number of nitrogens with zero attached hydrogens (tertiary/aromatic N) is 2. The number of hydrogen-bond acceptors (Lipinski definition) is 5. The summed E-state index contributed by atoms with van der Waals surface area (Å²) in [6, 6.07) is 5.58. The zero-order valence-corrected chi connectivity index (χ0v) is 12.9. The Kier molecular flexibility index (Phi) is 3.71. The maximum atomic E-state index is 12.7. The fourth-order valence-corrected chi connectivity index (χ4v) is 3.84. The van der Waals surface area contributed by atoms with Crippen LogP contribution in [-0.4, -0.2) is 48.3 Å². The molecule has 6 heteroatoms. The normalized spacial score (nSPS) is 29.1. The first-order valence-corrected chi connectivity index (χ1v) is 7.90. The van der Waals surface area contributed by atoms with E-state index in [1.165, 1.54) is 0 Å². The summed E-state index contributed by atoms with van der Waals surface area (Å²) < 4.78 is 11.0. The Labute approximate surface area is 134 Å². The Morgan fingerprint density at radius 3 is 3.13 bits per heavy atom. The van der Waals surface area contributed by atoms with Crippen molar-refractivity contribution in [2.45, 2.75) is 18.6 Å². The summed E-state index contributed by atoms with van der Waals surface area (Å²) in [5.74, 6) is 0.505. The molecule has 0 unspecified atom stereocenters. The van der Waals surface area contributed by atoms with Gasteiger partial charge in [0.2, 0.25) is 0 Å². The lowest BCUT2D eigenvalue weighted by atomic mass is 9.67. The lowest BCUT2D eigenvalue weighted by molar-refractivity contribution is -0.0809. The molecule has 0 spiro atoms. The Balaban J connectivity index is 1.57. The molecule has 120 valence electrons. The molecule has 2 heterocycles. The molecule has 6 nitrogen and oxygen atoms in total. The number of carbonyl (C=O) groups is 1. The van der Waals surface area contributed by atoms with Gasteiger partial charge in [0.25, 0.3) is 5.91 Å². The molecule has 1 N–H and O–H groups in total. The van der Waals surface area contributed by atoms with Crippen LogP contribution in [0.1, 0.15) is 16.8 Å². The van der Waals surface area contributed by atoms with E-state index in [0.717, 1.165) is 18.5 Å². The molecule has 4 rings (SSSR count). The van der Waals surface area contributed by atoms with Crippen LogP contribution in [0, 0.1) is 11.8 Å². The minimum atomic E-state index is -0.104. The zero-order chi connectivity index (χ0) is 15.8. The predicted octanol–water partition coefficient (Wildman–Crippen LogP) is 1.41. The van der Waals surface area contributed by atoms with E-state index in [1.54, 1.807) is 25.6 Å². The molecule has 2 fully saturated rings. The van der Waals surface area contributed by atoms with Gasteiger partial charge in [-0.25, -0.2) is 0 Å². The number of amides is 1. The van der Waals surface area contributed by atoms with Crippen LogP contribution in [0.5, 0.6) is 0 Å². The summed E-state index contributed by atoms with van der Waals surface area (Å²) >= 11 is 0. The first kappa shape index (κ1) is 14.5. The molecule has 1 aromatic carbocycles. The van der Waals surface area contributed by atoms with Gasteiger partial charge in [-0.15, -0.1) is 0 Å². The number of fused-ring (bicyclic) bond motifs is 2. The molecule has 1 saturated heterocycles. The Bertz CT molecular complexity index is 731. The van der Waals surface area contributed by atoms with E-state index in [0.29, 0.717) is 23.6 Å². The van der Waals surface area contributed by atoms with Crippen molar-refractivity contribution in [3.05, 3.63) is 36.2 Å². The van der Waals surface area contributed by atoms with Crippen LogP contribution in [0.25, 0.3) is 11.0 Å². The smallest absolute Gasteiger partial charge is 0.253 e. The molecule has 0 bridgehead atoms. The van der Waals surface area contributed by atoms with E-state index in [1.807, 2.05) is 12.1 Å². The number of aromatic nitrogens is 2. The second kappa shape index (κ2) is 5.86. The molecule has 1 aliphatic heterocycles. The lowest BCUT2D eigenvalue weighted by Crippen LogP contribution is -2.62. The number of ether oxygens (including phenoxy) is 2. The summed E-state index contributed by atoms with van der Waals surface area (Å²) in [7, 11) is 1.68. The van der Waals surface area contributed by atoms with Crippen molar-refractivity contribution in [2.24, 2.45) is 11.8 Å². The highest BCUT2D eigenvalue weighted by Gasteiger charge is 2.54. The van der Waals surface area contributed by atoms with Crippen molar-refractivity contribution in [3.8, 4) is 0 Å². The summed E-state index contributed by atoms with van der Waals surface area (Å²) in [6.45, 7) is 1.36. The van der Waals surface area contributed by atoms with Gasteiger partial charge in [-0.1, -0.05) is 6.07 Å². The van der Waals surface area contributed by atoms with Crippen LogP contribution in [0.3, 0.4) is 0 Å². The molecule has 1 aromatic heterocycles.